The van der Waals surface area contributed by atoms with E-state index in [2.05, 4.69) is 45.9 Å². The molecule has 1 heterocycles. The maximum absolute atomic E-state index is 12.8. The minimum atomic E-state index is -0.0252. The minimum Gasteiger partial charge on any atom is -0.361 e. The summed E-state index contributed by atoms with van der Waals surface area (Å²) in [6, 6.07) is 18.8. The Balaban J connectivity index is 1.37. The van der Waals surface area contributed by atoms with Gasteiger partial charge >= 0.3 is 0 Å². The van der Waals surface area contributed by atoms with E-state index in [1.165, 1.54) is 28.0 Å². The lowest BCUT2D eigenvalue weighted by molar-refractivity contribution is 0.0940. The van der Waals surface area contributed by atoms with Crippen molar-refractivity contribution in [3.05, 3.63) is 81.9 Å². The van der Waals surface area contributed by atoms with Crippen molar-refractivity contribution in [2.75, 3.05) is 11.9 Å². The number of aryl methyl sites for hydroxylation is 2. The fourth-order valence-electron chi connectivity index (χ4n) is 3.57. The van der Waals surface area contributed by atoms with Crippen LogP contribution >= 0.6 is 11.3 Å². The van der Waals surface area contributed by atoms with Crippen LogP contribution in [0, 0.1) is 6.92 Å². The Morgan fingerprint density at radius 1 is 1.15 bits per heavy atom. The molecule has 0 aliphatic heterocycles. The topological polar surface area (TPSA) is 54.0 Å². The highest BCUT2D eigenvalue weighted by Gasteiger charge is 2.25. The lowest BCUT2D eigenvalue weighted by Gasteiger charge is -2.13. The predicted octanol–water partition coefficient (Wildman–Crippen LogP) is 4.52. The Bertz CT molecular complexity index is 936. The van der Waals surface area contributed by atoms with Gasteiger partial charge in [0, 0.05) is 6.54 Å². The fraction of sp³-hybridized carbons (Fsp3) is 0.273. The monoisotopic (exact) mass is 377 g/mol. The van der Waals surface area contributed by atoms with Gasteiger partial charge in [-0.05, 0) is 42.9 Å². The quantitative estimate of drug-likeness (QED) is 0.664. The molecule has 0 spiro atoms. The molecule has 1 atom stereocenters. The van der Waals surface area contributed by atoms with E-state index in [0.717, 1.165) is 36.6 Å². The van der Waals surface area contributed by atoms with Gasteiger partial charge in [-0.2, -0.15) is 0 Å². The zero-order valence-electron chi connectivity index (χ0n) is 15.4. The molecule has 1 unspecified atom stereocenters. The molecule has 1 aliphatic rings. The second kappa shape index (κ2) is 7.92. The van der Waals surface area contributed by atoms with E-state index in [-0.39, 0.29) is 11.9 Å². The third-order valence-electron chi connectivity index (χ3n) is 4.97. The first kappa shape index (κ1) is 17.7. The van der Waals surface area contributed by atoms with Gasteiger partial charge in [0.2, 0.25) is 0 Å². The fourth-order valence-corrected chi connectivity index (χ4v) is 4.47. The number of nitrogens with one attached hydrogen (secondary N) is 2. The van der Waals surface area contributed by atoms with Crippen molar-refractivity contribution in [3.63, 3.8) is 0 Å². The number of anilines is 1. The molecule has 0 saturated carbocycles. The molecule has 0 fully saturated rings. The molecule has 2 N–H and O–H groups in total. The number of hydrogen-bond acceptors (Lipinski definition) is 4. The van der Waals surface area contributed by atoms with Gasteiger partial charge in [-0.15, -0.1) is 0 Å². The Labute approximate surface area is 163 Å². The summed E-state index contributed by atoms with van der Waals surface area (Å²) in [6.07, 6.45) is 2.92. The molecular formula is C22H23N3OS. The number of aromatic nitrogens is 1. The van der Waals surface area contributed by atoms with Crippen LogP contribution in [-0.2, 0) is 12.8 Å². The zero-order chi connectivity index (χ0) is 18.6. The van der Waals surface area contributed by atoms with Crippen LogP contribution in [0.4, 0.5) is 5.13 Å². The molecular weight excluding hydrogens is 354 g/mol. The summed E-state index contributed by atoms with van der Waals surface area (Å²) in [5.74, 6) is -0.0252. The Morgan fingerprint density at radius 2 is 1.93 bits per heavy atom. The maximum atomic E-state index is 12.8. The standard InChI is InChI=1S/C22H23N3OS/c1-15-20(21(26)25-19-12-11-17-9-5-6-10-18(17)19)27-22(24-15)23-14-13-16-7-3-2-4-8-16/h2-10,19H,11-14H2,1H3,(H,23,24)(H,25,26). The van der Waals surface area contributed by atoms with Gasteiger partial charge in [0.25, 0.3) is 5.91 Å². The first-order valence-electron chi connectivity index (χ1n) is 9.34. The van der Waals surface area contributed by atoms with E-state index in [0.29, 0.717) is 4.88 Å². The molecule has 1 aliphatic carbocycles. The van der Waals surface area contributed by atoms with Crippen LogP contribution in [0.3, 0.4) is 0 Å². The largest absolute Gasteiger partial charge is 0.361 e. The van der Waals surface area contributed by atoms with E-state index in [1.807, 2.05) is 31.2 Å². The second-order valence-corrected chi connectivity index (χ2v) is 7.86. The Morgan fingerprint density at radius 3 is 2.78 bits per heavy atom. The summed E-state index contributed by atoms with van der Waals surface area (Å²) < 4.78 is 0. The Kier molecular flexibility index (Phi) is 5.21. The smallest absolute Gasteiger partial charge is 0.263 e. The molecule has 2 aromatic carbocycles. The van der Waals surface area contributed by atoms with Crippen molar-refractivity contribution >= 4 is 22.4 Å². The normalized spacial score (nSPS) is 15.4. The summed E-state index contributed by atoms with van der Waals surface area (Å²) in [4.78, 5) is 18.0. The number of thiazole rings is 1. The number of rotatable bonds is 6. The zero-order valence-corrected chi connectivity index (χ0v) is 16.2. The SMILES string of the molecule is Cc1nc(NCCc2ccccc2)sc1C(=O)NC1CCc2ccccc21. The highest BCUT2D eigenvalue weighted by atomic mass is 32.1. The van der Waals surface area contributed by atoms with Crippen molar-refractivity contribution in [2.45, 2.75) is 32.2 Å². The predicted molar refractivity (Wildman–Crippen MR) is 110 cm³/mol. The highest BCUT2D eigenvalue weighted by molar-refractivity contribution is 7.17. The summed E-state index contributed by atoms with van der Waals surface area (Å²) in [7, 11) is 0. The van der Waals surface area contributed by atoms with Crippen molar-refractivity contribution in [2.24, 2.45) is 0 Å². The van der Waals surface area contributed by atoms with Crippen molar-refractivity contribution in [3.8, 4) is 0 Å². The van der Waals surface area contributed by atoms with Gasteiger partial charge in [0.1, 0.15) is 4.88 Å². The third-order valence-corrected chi connectivity index (χ3v) is 6.09. The average molecular weight is 378 g/mol. The molecule has 0 radical (unpaired) electrons. The molecule has 27 heavy (non-hydrogen) atoms. The highest BCUT2D eigenvalue weighted by Crippen LogP contribution is 2.31. The minimum absolute atomic E-state index is 0.0252. The van der Waals surface area contributed by atoms with E-state index >= 15 is 0 Å². The first-order valence-corrected chi connectivity index (χ1v) is 10.2. The molecule has 138 valence electrons. The maximum Gasteiger partial charge on any atom is 0.263 e. The number of fused-ring (bicyclic) bond motifs is 1. The van der Waals surface area contributed by atoms with Crippen LogP contribution < -0.4 is 10.6 Å². The van der Waals surface area contributed by atoms with Crippen molar-refractivity contribution < 1.29 is 4.79 Å². The molecule has 1 aromatic heterocycles. The number of amides is 1. The van der Waals surface area contributed by atoms with Crippen molar-refractivity contribution in [1.82, 2.24) is 10.3 Å². The molecule has 5 heteroatoms. The molecule has 1 amide bonds. The summed E-state index contributed by atoms with van der Waals surface area (Å²) in [5.41, 5.74) is 4.66. The van der Waals surface area contributed by atoms with Crippen LogP contribution in [0.15, 0.2) is 54.6 Å². The summed E-state index contributed by atoms with van der Waals surface area (Å²) in [6.45, 7) is 2.70. The van der Waals surface area contributed by atoms with Crippen LogP contribution in [0.1, 0.15) is 44.5 Å². The van der Waals surface area contributed by atoms with E-state index in [4.69, 9.17) is 0 Å². The van der Waals surface area contributed by atoms with Gasteiger partial charge in [0.05, 0.1) is 11.7 Å². The number of carbonyl (C=O) groups is 1. The number of hydrogen-bond donors (Lipinski definition) is 2. The Hall–Kier alpha value is -2.66. The third kappa shape index (κ3) is 4.03. The average Bonchev–Trinajstić information content (AvgIpc) is 3.26. The van der Waals surface area contributed by atoms with Gasteiger partial charge in [-0.3, -0.25) is 4.79 Å². The van der Waals surface area contributed by atoms with Crippen LogP contribution in [-0.4, -0.2) is 17.4 Å². The lowest BCUT2D eigenvalue weighted by Crippen LogP contribution is -2.26. The molecule has 0 bridgehead atoms. The van der Waals surface area contributed by atoms with Gasteiger partial charge < -0.3 is 10.6 Å². The van der Waals surface area contributed by atoms with Gasteiger partial charge in [0.15, 0.2) is 5.13 Å². The second-order valence-electron chi connectivity index (χ2n) is 6.86. The number of carbonyl (C=O) groups excluding carboxylic acids is 1. The van der Waals surface area contributed by atoms with E-state index < -0.39 is 0 Å². The van der Waals surface area contributed by atoms with E-state index in [9.17, 15) is 4.79 Å². The number of benzene rings is 2. The van der Waals surface area contributed by atoms with Gasteiger partial charge in [-0.25, -0.2) is 4.98 Å². The molecule has 3 aromatic rings. The number of nitrogens with zero attached hydrogens (tertiary/aromatic N) is 1. The van der Waals surface area contributed by atoms with Crippen LogP contribution in [0.5, 0.6) is 0 Å². The summed E-state index contributed by atoms with van der Waals surface area (Å²) >= 11 is 1.43. The lowest BCUT2D eigenvalue weighted by atomic mass is 10.1. The van der Waals surface area contributed by atoms with Gasteiger partial charge in [-0.1, -0.05) is 65.9 Å². The first-order chi connectivity index (χ1) is 13.2. The molecule has 0 saturated heterocycles. The van der Waals surface area contributed by atoms with Crippen LogP contribution in [0.2, 0.25) is 0 Å². The van der Waals surface area contributed by atoms with Crippen LogP contribution in [0.25, 0.3) is 0 Å². The van der Waals surface area contributed by atoms with Crippen molar-refractivity contribution in [1.29, 1.82) is 0 Å². The van der Waals surface area contributed by atoms with E-state index in [1.54, 1.807) is 0 Å². The molecule has 4 nitrogen and oxygen atoms in total. The molecule has 4 rings (SSSR count). The summed E-state index contributed by atoms with van der Waals surface area (Å²) in [5, 5.41) is 7.34.